The fourth-order valence-corrected chi connectivity index (χ4v) is 5.35. The zero-order valence-electron chi connectivity index (χ0n) is 11.1. The van der Waals surface area contributed by atoms with Crippen molar-refractivity contribution in [1.82, 2.24) is 10.2 Å². The van der Waals surface area contributed by atoms with Crippen molar-refractivity contribution in [1.29, 1.82) is 0 Å². The third-order valence-electron chi connectivity index (χ3n) is 3.44. The summed E-state index contributed by atoms with van der Waals surface area (Å²) in [6.07, 6.45) is 5.68. The SMILES string of the molecule is CCCCCC(CCN1CCNC1=O)[Si](I)CO. The molecule has 0 spiro atoms. The van der Waals surface area contributed by atoms with Crippen molar-refractivity contribution in [2.24, 2.45) is 0 Å². The number of amides is 2. The molecule has 1 rings (SSSR count). The average Bonchev–Trinajstić information content (AvgIpc) is 2.78. The van der Waals surface area contributed by atoms with E-state index in [1.54, 1.807) is 0 Å². The lowest BCUT2D eigenvalue weighted by Crippen LogP contribution is -2.31. The Hall–Kier alpha value is 0.177. The number of urea groups is 1. The number of hydrogen-bond donors (Lipinski definition) is 2. The molecule has 1 atom stereocenters. The van der Waals surface area contributed by atoms with Crippen LogP contribution >= 0.6 is 21.8 Å². The van der Waals surface area contributed by atoms with Gasteiger partial charge in [-0.15, -0.1) is 21.8 Å². The molecule has 0 aromatic heterocycles. The summed E-state index contributed by atoms with van der Waals surface area (Å²) >= 11 is 2.44. The van der Waals surface area contributed by atoms with E-state index in [0.29, 0.717) is 11.8 Å². The van der Waals surface area contributed by atoms with E-state index in [1.807, 2.05) is 4.90 Å². The van der Waals surface area contributed by atoms with Gasteiger partial charge in [0.15, 0.2) is 6.29 Å². The molecule has 1 unspecified atom stereocenters. The Balaban J connectivity index is 2.32. The minimum Gasteiger partial charge on any atom is -0.399 e. The van der Waals surface area contributed by atoms with Crippen LogP contribution in [0.5, 0.6) is 0 Å². The number of carbonyl (C=O) groups is 1. The predicted molar refractivity (Wildman–Crippen MR) is 84.3 cm³/mol. The third kappa shape index (κ3) is 5.44. The first-order valence-corrected chi connectivity index (χ1v) is 11.7. The lowest BCUT2D eigenvalue weighted by molar-refractivity contribution is 0.216. The minimum absolute atomic E-state index is 0.0773. The van der Waals surface area contributed by atoms with Crippen molar-refractivity contribution >= 4 is 34.1 Å². The highest BCUT2D eigenvalue weighted by atomic mass is 127. The molecule has 1 heterocycles. The van der Waals surface area contributed by atoms with Crippen LogP contribution < -0.4 is 5.32 Å². The lowest BCUT2D eigenvalue weighted by atomic mass is 10.1. The van der Waals surface area contributed by atoms with Gasteiger partial charge in [0.2, 0.25) is 0 Å². The van der Waals surface area contributed by atoms with Crippen LogP contribution in [0.15, 0.2) is 0 Å². The van der Waals surface area contributed by atoms with Crippen molar-refractivity contribution < 1.29 is 9.90 Å². The molecule has 0 aromatic rings. The van der Waals surface area contributed by atoms with Crippen molar-refractivity contribution in [2.45, 2.75) is 44.6 Å². The van der Waals surface area contributed by atoms with E-state index in [2.05, 4.69) is 34.0 Å². The monoisotopic (exact) mass is 383 g/mol. The molecule has 1 radical (unpaired) electrons. The summed E-state index contributed by atoms with van der Waals surface area (Å²) in [5.74, 6) is 0. The highest BCUT2D eigenvalue weighted by molar-refractivity contribution is 14.1. The number of aliphatic hydroxyl groups excluding tert-OH is 1. The highest BCUT2D eigenvalue weighted by Crippen LogP contribution is 2.27. The normalized spacial score (nSPS) is 17.3. The number of nitrogens with zero attached hydrogens (tertiary/aromatic N) is 1. The van der Waals surface area contributed by atoms with Gasteiger partial charge in [-0.25, -0.2) is 4.79 Å². The van der Waals surface area contributed by atoms with E-state index in [0.717, 1.165) is 26.1 Å². The van der Waals surface area contributed by atoms with Crippen LogP contribution in [0.4, 0.5) is 4.79 Å². The Labute approximate surface area is 124 Å². The molecular weight excluding hydrogens is 359 g/mol. The van der Waals surface area contributed by atoms with Crippen LogP contribution in [0.3, 0.4) is 0 Å². The topological polar surface area (TPSA) is 52.6 Å². The number of unbranched alkanes of at least 4 members (excludes halogenated alkanes) is 2. The third-order valence-corrected chi connectivity index (χ3v) is 8.87. The molecular formula is C12H24IN2O2Si. The molecule has 0 saturated carbocycles. The fraction of sp³-hybridized carbons (Fsp3) is 0.917. The van der Waals surface area contributed by atoms with E-state index in [1.165, 1.54) is 25.7 Å². The van der Waals surface area contributed by atoms with Crippen LogP contribution in [-0.2, 0) is 0 Å². The van der Waals surface area contributed by atoms with Gasteiger partial charge in [-0.05, 0) is 12.0 Å². The number of carbonyl (C=O) groups excluding carboxylic acids is 1. The summed E-state index contributed by atoms with van der Waals surface area (Å²) in [6, 6.07) is 0.0773. The molecule has 4 nitrogen and oxygen atoms in total. The van der Waals surface area contributed by atoms with Gasteiger partial charge in [0.05, 0.1) is 0 Å². The molecule has 0 bridgehead atoms. The summed E-state index contributed by atoms with van der Waals surface area (Å²) in [4.78, 5) is 13.4. The lowest BCUT2D eigenvalue weighted by Gasteiger charge is -2.22. The first kappa shape index (κ1) is 16.2. The second kappa shape index (κ2) is 9.14. The largest absolute Gasteiger partial charge is 0.399 e. The van der Waals surface area contributed by atoms with E-state index in [4.69, 9.17) is 0 Å². The Bertz CT molecular complexity index is 256. The van der Waals surface area contributed by atoms with Crippen LogP contribution in [0, 0.1) is 0 Å². The molecule has 0 aromatic carbocycles. The first-order chi connectivity index (χ1) is 8.69. The van der Waals surface area contributed by atoms with Crippen LogP contribution in [-0.4, -0.2) is 48.2 Å². The molecule has 18 heavy (non-hydrogen) atoms. The molecule has 1 saturated heterocycles. The molecule has 2 N–H and O–H groups in total. The Kier molecular flexibility index (Phi) is 8.24. The predicted octanol–water partition coefficient (Wildman–Crippen LogP) is 2.31. The molecule has 1 fully saturated rings. The summed E-state index contributed by atoms with van der Waals surface area (Å²) in [6.45, 7) is 4.68. The highest BCUT2D eigenvalue weighted by Gasteiger charge is 2.24. The van der Waals surface area contributed by atoms with Crippen molar-refractivity contribution in [3.8, 4) is 0 Å². The van der Waals surface area contributed by atoms with Crippen molar-refractivity contribution in [2.75, 3.05) is 25.9 Å². The van der Waals surface area contributed by atoms with Gasteiger partial charge in [0, 0.05) is 25.9 Å². The quantitative estimate of drug-likeness (QED) is 0.278. The number of aliphatic hydroxyl groups is 1. The Morgan fingerprint density at radius 1 is 1.50 bits per heavy atom. The van der Waals surface area contributed by atoms with Gasteiger partial charge in [0.1, 0.15) is 0 Å². The first-order valence-electron chi connectivity index (χ1n) is 6.83. The number of halogens is 1. The number of hydrogen-bond acceptors (Lipinski definition) is 2. The zero-order chi connectivity index (χ0) is 13.4. The molecule has 1 aliphatic rings. The van der Waals surface area contributed by atoms with E-state index in [-0.39, 0.29) is 6.03 Å². The molecule has 105 valence electrons. The fourth-order valence-electron chi connectivity index (χ4n) is 2.26. The van der Waals surface area contributed by atoms with Crippen molar-refractivity contribution in [3.63, 3.8) is 0 Å². The van der Waals surface area contributed by atoms with Gasteiger partial charge in [-0.1, -0.05) is 32.6 Å². The number of nitrogens with one attached hydrogen (secondary N) is 1. The zero-order valence-corrected chi connectivity index (χ0v) is 14.3. The van der Waals surface area contributed by atoms with Crippen LogP contribution in [0.1, 0.15) is 39.0 Å². The van der Waals surface area contributed by atoms with Gasteiger partial charge < -0.3 is 15.3 Å². The summed E-state index contributed by atoms with van der Waals surface area (Å²) in [5.41, 5.74) is 0.626. The molecule has 1 aliphatic heterocycles. The van der Waals surface area contributed by atoms with E-state index < -0.39 is 6.29 Å². The van der Waals surface area contributed by atoms with Gasteiger partial charge in [0.25, 0.3) is 0 Å². The maximum Gasteiger partial charge on any atom is 0.317 e. The van der Waals surface area contributed by atoms with Gasteiger partial charge in [-0.2, -0.15) is 0 Å². The van der Waals surface area contributed by atoms with Crippen molar-refractivity contribution in [3.05, 3.63) is 0 Å². The second-order valence-electron chi connectivity index (χ2n) is 4.81. The summed E-state index contributed by atoms with van der Waals surface area (Å²) < 4.78 is 0. The van der Waals surface area contributed by atoms with Crippen LogP contribution in [0.25, 0.3) is 0 Å². The molecule has 2 amide bonds. The maximum atomic E-state index is 11.5. The summed E-state index contributed by atoms with van der Waals surface area (Å²) in [7, 11) is 0. The van der Waals surface area contributed by atoms with Gasteiger partial charge in [-0.3, -0.25) is 0 Å². The average molecular weight is 383 g/mol. The van der Waals surface area contributed by atoms with Gasteiger partial charge >= 0.3 is 6.03 Å². The summed E-state index contributed by atoms with van der Waals surface area (Å²) in [5, 5.41) is 12.2. The van der Waals surface area contributed by atoms with Crippen LogP contribution in [0.2, 0.25) is 5.54 Å². The smallest absolute Gasteiger partial charge is 0.317 e. The molecule has 0 aliphatic carbocycles. The molecule has 6 heteroatoms. The Morgan fingerprint density at radius 2 is 2.28 bits per heavy atom. The Morgan fingerprint density at radius 3 is 2.83 bits per heavy atom. The maximum absolute atomic E-state index is 11.5. The number of rotatable bonds is 9. The standard InChI is InChI=1S/C12H24IN2O2Si/c1-2-3-4-5-11(18(13)10-16)6-8-15-9-7-14-12(15)17/h11,16H,2-10H2,1H3,(H,14,17). The second-order valence-corrected chi connectivity index (χ2v) is 11.0. The van der Waals surface area contributed by atoms with E-state index in [9.17, 15) is 9.90 Å². The van der Waals surface area contributed by atoms with E-state index >= 15 is 0 Å². The minimum atomic E-state index is -0.689.